The van der Waals surface area contributed by atoms with Gasteiger partial charge in [-0.1, -0.05) is 18.2 Å². The molecule has 0 bridgehead atoms. The minimum Gasteiger partial charge on any atom is -0.497 e. The van der Waals surface area contributed by atoms with Crippen LogP contribution in [0.3, 0.4) is 0 Å². The van der Waals surface area contributed by atoms with E-state index in [0.717, 1.165) is 35.6 Å². The number of aryl methyl sites for hydroxylation is 1. The molecule has 6 heteroatoms. The van der Waals surface area contributed by atoms with Gasteiger partial charge in [0.15, 0.2) is 0 Å². The first-order valence-electron chi connectivity index (χ1n) is 9.52. The molecule has 0 radical (unpaired) electrons. The Morgan fingerprint density at radius 2 is 1.71 bits per heavy atom. The number of rotatable bonds is 9. The number of fused-ring (bicyclic) bond motifs is 1. The minimum absolute atomic E-state index is 0.151. The van der Waals surface area contributed by atoms with Gasteiger partial charge in [0.05, 0.1) is 13.7 Å². The van der Waals surface area contributed by atoms with Crippen LogP contribution in [-0.4, -0.2) is 37.8 Å². The molecule has 0 spiro atoms. The lowest BCUT2D eigenvalue weighted by atomic mass is 10.1. The van der Waals surface area contributed by atoms with Gasteiger partial charge in [0.1, 0.15) is 11.5 Å². The Hall–Kier alpha value is -3.15. The summed E-state index contributed by atoms with van der Waals surface area (Å²) in [6.07, 6.45) is 1.53. The molecule has 0 aliphatic heterocycles. The van der Waals surface area contributed by atoms with Gasteiger partial charge in [-0.25, -0.2) is 4.79 Å². The fourth-order valence-electron chi connectivity index (χ4n) is 3.16. The molecule has 2 amide bonds. The van der Waals surface area contributed by atoms with E-state index in [0.29, 0.717) is 19.7 Å². The van der Waals surface area contributed by atoms with Crippen molar-refractivity contribution in [2.24, 2.45) is 0 Å². The second-order valence-electron chi connectivity index (χ2n) is 6.58. The summed E-state index contributed by atoms with van der Waals surface area (Å²) in [4.78, 5) is 15.3. The van der Waals surface area contributed by atoms with Crippen LogP contribution in [0.15, 0.2) is 48.5 Å². The van der Waals surface area contributed by atoms with Crippen molar-refractivity contribution >= 4 is 16.9 Å². The second kappa shape index (κ2) is 9.69. The predicted molar refractivity (Wildman–Crippen MR) is 111 cm³/mol. The van der Waals surface area contributed by atoms with E-state index >= 15 is 0 Å². The Morgan fingerprint density at radius 3 is 2.50 bits per heavy atom. The fraction of sp³-hybridized carbons (Fsp3) is 0.318. The van der Waals surface area contributed by atoms with Gasteiger partial charge >= 0.3 is 6.03 Å². The molecule has 0 fully saturated rings. The van der Waals surface area contributed by atoms with E-state index in [1.54, 1.807) is 7.11 Å². The summed E-state index contributed by atoms with van der Waals surface area (Å²) in [5.41, 5.74) is 3.54. The smallest absolute Gasteiger partial charge is 0.314 e. The summed E-state index contributed by atoms with van der Waals surface area (Å²) in [6.45, 7) is 3.77. The largest absolute Gasteiger partial charge is 0.497 e. The molecule has 0 unspecified atom stereocenters. The predicted octanol–water partition coefficient (Wildman–Crippen LogP) is 3.80. The number of para-hydroxylation sites is 1. The Morgan fingerprint density at radius 1 is 1.00 bits per heavy atom. The van der Waals surface area contributed by atoms with Crippen molar-refractivity contribution < 1.29 is 14.3 Å². The molecule has 3 rings (SSSR count). The van der Waals surface area contributed by atoms with Gasteiger partial charge in [0.25, 0.3) is 0 Å². The number of benzene rings is 2. The van der Waals surface area contributed by atoms with Gasteiger partial charge < -0.3 is 25.1 Å². The van der Waals surface area contributed by atoms with Crippen molar-refractivity contribution in [3.8, 4) is 11.5 Å². The Kier molecular flexibility index (Phi) is 6.78. The van der Waals surface area contributed by atoms with Crippen LogP contribution in [0.2, 0.25) is 0 Å². The lowest BCUT2D eigenvalue weighted by Gasteiger charge is -2.09. The van der Waals surface area contributed by atoms with E-state index in [-0.39, 0.29) is 6.03 Å². The number of urea groups is 1. The molecule has 28 heavy (non-hydrogen) atoms. The third-order valence-electron chi connectivity index (χ3n) is 4.62. The van der Waals surface area contributed by atoms with Gasteiger partial charge in [0, 0.05) is 29.7 Å². The average Bonchev–Trinajstić information content (AvgIpc) is 3.03. The summed E-state index contributed by atoms with van der Waals surface area (Å²) < 4.78 is 10.8. The Labute approximate surface area is 165 Å². The number of carbonyl (C=O) groups excluding carboxylic acids is 1. The number of methoxy groups -OCH3 is 1. The second-order valence-corrected chi connectivity index (χ2v) is 6.58. The highest BCUT2D eigenvalue weighted by Gasteiger charge is 2.08. The van der Waals surface area contributed by atoms with Gasteiger partial charge in [-0.2, -0.15) is 0 Å². The lowest BCUT2D eigenvalue weighted by Crippen LogP contribution is -2.37. The minimum atomic E-state index is -0.151. The molecule has 0 aliphatic rings. The Balaban J connectivity index is 1.32. The topological polar surface area (TPSA) is 75.4 Å². The maximum atomic E-state index is 11.9. The number of hydrogen-bond acceptors (Lipinski definition) is 3. The maximum Gasteiger partial charge on any atom is 0.314 e. The van der Waals surface area contributed by atoms with Gasteiger partial charge in [-0.05, 0) is 55.7 Å². The summed E-state index contributed by atoms with van der Waals surface area (Å²) >= 11 is 0. The molecular formula is C22H27N3O3. The third kappa shape index (κ3) is 5.19. The van der Waals surface area contributed by atoms with Crippen LogP contribution in [-0.2, 0) is 6.42 Å². The van der Waals surface area contributed by atoms with Crippen LogP contribution in [0.1, 0.15) is 17.7 Å². The number of ether oxygens (including phenoxy) is 2. The fourth-order valence-corrected chi connectivity index (χ4v) is 3.16. The number of aromatic amines is 1. The van der Waals surface area contributed by atoms with Crippen LogP contribution in [0.25, 0.3) is 10.9 Å². The van der Waals surface area contributed by atoms with Crippen molar-refractivity contribution in [3.63, 3.8) is 0 Å². The summed E-state index contributed by atoms with van der Waals surface area (Å²) in [5, 5.41) is 7.00. The number of carbonyl (C=O) groups is 1. The van der Waals surface area contributed by atoms with Crippen LogP contribution < -0.4 is 20.1 Å². The van der Waals surface area contributed by atoms with Crippen molar-refractivity contribution in [3.05, 3.63) is 59.8 Å². The Bertz CT molecular complexity index is 903. The van der Waals surface area contributed by atoms with E-state index in [9.17, 15) is 4.79 Å². The highest BCUT2D eigenvalue weighted by atomic mass is 16.5. The van der Waals surface area contributed by atoms with Gasteiger partial charge in [-0.3, -0.25) is 0 Å². The molecule has 3 aromatic rings. The molecule has 1 aromatic heterocycles. The van der Waals surface area contributed by atoms with E-state index in [4.69, 9.17) is 9.47 Å². The summed E-state index contributed by atoms with van der Waals surface area (Å²) in [7, 11) is 1.63. The van der Waals surface area contributed by atoms with E-state index < -0.39 is 0 Å². The van der Waals surface area contributed by atoms with E-state index in [1.807, 2.05) is 36.4 Å². The average molecular weight is 381 g/mol. The molecule has 2 aromatic carbocycles. The van der Waals surface area contributed by atoms with Crippen LogP contribution >= 0.6 is 0 Å². The number of nitrogens with one attached hydrogen (secondary N) is 3. The molecular weight excluding hydrogens is 354 g/mol. The maximum absolute atomic E-state index is 11.9. The third-order valence-corrected chi connectivity index (χ3v) is 4.62. The SMILES string of the molecule is COc1ccc(OCCCNC(=O)NCCc2c(C)[nH]c3ccccc23)cc1. The van der Waals surface area contributed by atoms with Crippen molar-refractivity contribution in [1.82, 2.24) is 15.6 Å². The number of aromatic nitrogens is 1. The van der Waals surface area contributed by atoms with Gasteiger partial charge in [0.2, 0.25) is 0 Å². The first-order valence-corrected chi connectivity index (χ1v) is 9.52. The molecule has 148 valence electrons. The van der Waals surface area contributed by atoms with Crippen LogP contribution in [0, 0.1) is 6.92 Å². The van der Waals surface area contributed by atoms with Crippen LogP contribution in [0.5, 0.6) is 11.5 Å². The van der Waals surface area contributed by atoms with E-state index in [2.05, 4.69) is 34.7 Å². The molecule has 0 saturated heterocycles. The van der Waals surface area contributed by atoms with E-state index in [1.165, 1.54) is 10.9 Å². The summed E-state index contributed by atoms with van der Waals surface area (Å²) in [6, 6.07) is 15.5. The zero-order valence-electron chi connectivity index (χ0n) is 16.4. The molecule has 3 N–H and O–H groups in total. The number of H-pyrrole nitrogens is 1. The number of amides is 2. The lowest BCUT2D eigenvalue weighted by molar-refractivity contribution is 0.239. The van der Waals surface area contributed by atoms with Gasteiger partial charge in [-0.15, -0.1) is 0 Å². The summed E-state index contributed by atoms with van der Waals surface area (Å²) in [5.74, 6) is 1.59. The highest BCUT2D eigenvalue weighted by molar-refractivity contribution is 5.84. The number of hydrogen-bond donors (Lipinski definition) is 3. The van der Waals surface area contributed by atoms with Crippen LogP contribution in [0.4, 0.5) is 4.79 Å². The standard InChI is InChI=1S/C22H27N3O3/c1-16-19(20-6-3-4-7-21(20)25-16)12-14-24-22(26)23-13-5-15-28-18-10-8-17(27-2)9-11-18/h3-4,6-11,25H,5,12-15H2,1-2H3,(H2,23,24,26). The molecule has 6 nitrogen and oxygen atoms in total. The van der Waals surface area contributed by atoms with Crippen molar-refractivity contribution in [1.29, 1.82) is 0 Å². The monoisotopic (exact) mass is 381 g/mol. The van der Waals surface area contributed by atoms with Crippen molar-refractivity contribution in [2.45, 2.75) is 19.8 Å². The highest BCUT2D eigenvalue weighted by Crippen LogP contribution is 2.21. The normalized spacial score (nSPS) is 10.6. The first-order chi connectivity index (χ1) is 13.7. The van der Waals surface area contributed by atoms with Crippen molar-refractivity contribution in [2.75, 3.05) is 26.8 Å². The zero-order valence-corrected chi connectivity index (χ0v) is 16.4. The first kappa shape index (κ1) is 19.6. The molecule has 0 saturated carbocycles. The molecule has 1 heterocycles. The molecule has 0 aliphatic carbocycles. The zero-order chi connectivity index (χ0) is 19.8. The quantitative estimate of drug-likeness (QED) is 0.494. The molecule has 0 atom stereocenters.